The summed E-state index contributed by atoms with van der Waals surface area (Å²) in [5.41, 5.74) is 2.08. The van der Waals surface area contributed by atoms with Crippen LogP contribution in [0.15, 0.2) is 57.7 Å². The van der Waals surface area contributed by atoms with Crippen LogP contribution in [0, 0.1) is 0 Å². The van der Waals surface area contributed by atoms with Crippen molar-refractivity contribution in [3.63, 3.8) is 0 Å². The van der Waals surface area contributed by atoms with Crippen LogP contribution >= 0.6 is 15.9 Å². The van der Waals surface area contributed by atoms with Gasteiger partial charge in [0.25, 0.3) is 0 Å². The van der Waals surface area contributed by atoms with Gasteiger partial charge in [0.2, 0.25) is 0 Å². The van der Waals surface area contributed by atoms with E-state index in [1.54, 1.807) is 24.3 Å². The summed E-state index contributed by atoms with van der Waals surface area (Å²) in [6.45, 7) is 3.83. The first-order valence-electron chi connectivity index (χ1n) is 7.88. The van der Waals surface area contributed by atoms with Gasteiger partial charge >= 0.3 is 5.63 Å². The molecule has 25 heavy (non-hydrogen) atoms. The normalized spacial score (nSPS) is 12.1. The SMILES string of the molecule is CC(=O)c1cc2ccc(OCc3ccc(C(C)Br)cc3)cc2oc1=O. The minimum atomic E-state index is -0.628. The Morgan fingerprint density at radius 1 is 1.16 bits per heavy atom. The van der Waals surface area contributed by atoms with Crippen molar-refractivity contribution in [3.8, 4) is 5.75 Å². The average molecular weight is 401 g/mol. The summed E-state index contributed by atoms with van der Waals surface area (Å²) in [5, 5.41) is 0.688. The van der Waals surface area contributed by atoms with Crippen molar-refractivity contribution in [2.45, 2.75) is 25.3 Å². The van der Waals surface area contributed by atoms with Crippen LogP contribution in [-0.2, 0) is 6.61 Å². The van der Waals surface area contributed by atoms with Crippen molar-refractivity contribution in [2.75, 3.05) is 0 Å². The van der Waals surface area contributed by atoms with Crippen molar-refractivity contribution in [3.05, 3.63) is 75.6 Å². The van der Waals surface area contributed by atoms with Gasteiger partial charge in [0, 0.05) is 16.3 Å². The molecule has 0 radical (unpaired) electrons. The molecule has 0 saturated carbocycles. The Bertz CT molecular complexity index is 971. The van der Waals surface area contributed by atoms with E-state index in [2.05, 4.69) is 35.0 Å². The summed E-state index contributed by atoms with van der Waals surface area (Å²) in [4.78, 5) is 23.5. The molecule has 0 amide bonds. The number of hydrogen-bond acceptors (Lipinski definition) is 4. The average Bonchev–Trinajstić information content (AvgIpc) is 2.59. The maximum atomic E-state index is 11.8. The molecular formula is C20H17BrO4. The van der Waals surface area contributed by atoms with Crippen LogP contribution in [0.2, 0.25) is 0 Å². The summed E-state index contributed by atoms with van der Waals surface area (Å²) >= 11 is 3.54. The van der Waals surface area contributed by atoms with E-state index in [0.29, 0.717) is 28.2 Å². The van der Waals surface area contributed by atoms with Gasteiger partial charge in [-0.05, 0) is 43.2 Å². The van der Waals surface area contributed by atoms with Crippen molar-refractivity contribution >= 4 is 32.7 Å². The molecule has 5 heteroatoms. The molecule has 1 atom stereocenters. The number of alkyl halides is 1. The quantitative estimate of drug-likeness (QED) is 0.342. The van der Waals surface area contributed by atoms with E-state index in [-0.39, 0.29) is 11.3 Å². The van der Waals surface area contributed by atoms with Gasteiger partial charge in [0.15, 0.2) is 5.78 Å². The molecule has 0 fully saturated rings. The van der Waals surface area contributed by atoms with E-state index in [9.17, 15) is 9.59 Å². The first-order chi connectivity index (χ1) is 11.9. The van der Waals surface area contributed by atoms with Crippen molar-refractivity contribution in [1.29, 1.82) is 0 Å². The third-order valence-corrected chi connectivity index (χ3v) is 4.46. The Kier molecular flexibility index (Phi) is 5.04. The Morgan fingerprint density at radius 3 is 2.52 bits per heavy atom. The van der Waals surface area contributed by atoms with Gasteiger partial charge < -0.3 is 9.15 Å². The van der Waals surface area contributed by atoms with E-state index in [0.717, 1.165) is 5.56 Å². The van der Waals surface area contributed by atoms with Crippen molar-refractivity contribution < 1.29 is 13.9 Å². The van der Waals surface area contributed by atoms with Gasteiger partial charge in [0.05, 0.1) is 0 Å². The number of carbonyl (C=O) groups is 1. The second-order valence-corrected chi connectivity index (χ2v) is 7.22. The largest absolute Gasteiger partial charge is 0.489 e. The maximum Gasteiger partial charge on any atom is 0.347 e. The fraction of sp³-hybridized carbons (Fsp3) is 0.200. The lowest BCUT2D eigenvalue weighted by Gasteiger charge is -2.09. The maximum absolute atomic E-state index is 11.8. The summed E-state index contributed by atoms with van der Waals surface area (Å²) in [6, 6.07) is 14.9. The lowest BCUT2D eigenvalue weighted by molar-refractivity contribution is 0.101. The topological polar surface area (TPSA) is 56.5 Å². The Hall–Kier alpha value is -2.40. The Morgan fingerprint density at radius 2 is 1.88 bits per heavy atom. The molecule has 1 heterocycles. The van der Waals surface area contributed by atoms with Gasteiger partial charge in [-0.15, -0.1) is 0 Å². The highest BCUT2D eigenvalue weighted by Crippen LogP contribution is 2.23. The number of ketones is 1. The van der Waals surface area contributed by atoms with Crippen molar-refractivity contribution in [2.24, 2.45) is 0 Å². The second kappa shape index (κ2) is 7.23. The van der Waals surface area contributed by atoms with Crippen LogP contribution in [0.1, 0.15) is 40.2 Å². The zero-order chi connectivity index (χ0) is 18.0. The van der Waals surface area contributed by atoms with Crippen LogP contribution in [0.25, 0.3) is 11.0 Å². The number of ether oxygens (including phenoxy) is 1. The molecule has 128 valence electrons. The Balaban J connectivity index is 1.79. The minimum Gasteiger partial charge on any atom is -0.489 e. The summed E-state index contributed by atoms with van der Waals surface area (Å²) in [6.07, 6.45) is 0. The molecule has 1 unspecified atom stereocenters. The number of Topliss-reactive ketones (excluding diaryl/α,β-unsaturated/α-hetero) is 1. The first-order valence-corrected chi connectivity index (χ1v) is 8.80. The first kappa shape index (κ1) is 17.4. The smallest absolute Gasteiger partial charge is 0.347 e. The molecule has 4 nitrogen and oxygen atoms in total. The fourth-order valence-corrected chi connectivity index (χ4v) is 2.78. The number of halogens is 1. The van der Waals surface area contributed by atoms with E-state index in [1.165, 1.54) is 12.5 Å². The second-order valence-electron chi connectivity index (χ2n) is 5.85. The monoisotopic (exact) mass is 400 g/mol. The number of carbonyl (C=O) groups excluding carboxylic acids is 1. The number of rotatable bonds is 5. The number of benzene rings is 2. The highest BCUT2D eigenvalue weighted by molar-refractivity contribution is 9.09. The molecule has 0 aliphatic carbocycles. The van der Waals surface area contributed by atoms with Gasteiger partial charge in [0.1, 0.15) is 23.5 Å². The molecule has 0 spiro atoms. The van der Waals surface area contributed by atoms with Gasteiger partial charge in [-0.25, -0.2) is 4.79 Å². The third kappa shape index (κ3) is 3.99. The fourth-order valence-electron chi connectivity index (χ4n) is 2.47. The lowest BCUT2D eigenvalue weighted by atomic mass is 10.1. The van der Waals surface area contributed by atoms with E-state index in [1.807, 2.05) is 12.1 Å². The molecule has 0 N–H and O–H groups in total. The van der Waals surface area contributed by atoms with Crippen LogP contribution in [0.5, 0.6) is 5.75 Å². The molecule has 3 aromatic rings. The molecule has 2 aromatic carbocycles. The minimum absolute atomic E-state index is 0.0577. The lowest BCUT2D eigenvalue weighted by Crippen LogP contribution is -2.10. The summed E-state index contributed by atoms with van der Waals surface area (Å²) in [7, 11) is 0. The number of fused-ring (bicyclic) bond motifs is 1. The van der Waals surface area contributed by atoms with E-state index in [4.69, 9.17) is 9.15 Å². The van der Waals surface area contributed by atoms with E-state index >= 15 is 0 Å². The third-order valence-electron chi connectivity index (χ3n) is 3.93. The van der Waals surface area contributed by atoms with Gasteiger partial charge in [-0.3, -0.25) is 4.79 Å². The zero-order valence-electron chi connectivity index (χ0n) is 13.9. The Labute approximate surface area is 153 Å². The molecular weight excluding hydrogens is 384 g/mol. The molecule has 0 bridgehead atoms. The van der Waals surface area contributed by atoms with Crippen LogP contribution < -0.4 is 10.4 Å². The van der Waals surface area contributed by atoms with Crippen LogP contribution in [0.4, 0.5) is 0 Å². The van der Waals surface area contributed by atoms with Gasteiger partial charge in [-0.2, -0.15) is 0 Å². The molecule has 0 aliphatic rings. The molecule has 0 aliphatic heterocycles. The van der Waals surface area contributed by atoms with Crippen LogP contribution in [-0.4, -0.2) is 5.78 Å². The summed E-state index contributed by atoms with van der Waals surface area (Å²) in [5.74, 6) is 0.293. The number of hydrogen-bond donors (Lipinski definition) is 0. The van der Waals surface area contributed by atoms with E-state index < -0.39 is 5.63 Å². The molecule has 1 aromatic heterocycles. The highest BCUT2D eigenvalue weighted by Gasteiger charge is 2.10. The molecule has 3 rings (SSSR count). The zero-order valence-corrected chi connectivity index (χ0v) is 15.5. The van der Waals surface area contributed by atoms with Crippen molar-refractivity contribution in [1.82, 2.24) is 0 Å². The summed E-state index contributed by atoms with van der Waals surface area (Å²) < 4.78 is 11.0. The van der Waals surface area contributed by atoms with Gasteiger partial charge in [-0.1, -0.05) is 40.2 Å². The molecule has 0 saturated heterocycles. The van der Waals surface area contributed by atoms with Crippen LogP contribution in [0.3, 0.4) is 0 Å². The standard InChI is InChI=1S/C20H17BrO4/c1-12(21)15-5-3-14(4-6-15)11-24-17-8-7-16-9-18(13(2)22)20(23)25-19(16)10-17/h3-10,12H,11H2,1-2H3. The predicted molar refractivity (Wildman–Crippen MR) is 101 cm³/mol. The highest BCUT2D eigenvalue weighted by atomic mass is 79.9. The predicted octanol–water partition coefficient (Wildman–Crippen LogP) is 5.03.